The minimum absolute atomic E-state index is 0.0119. The molecule has 10 nitrogen and oxygen atoms in total. The van der Waals surface area contributed by atoms with E-state index in [9.17, 15) is 9.59 Å². The summed E-state index contributed by atoms with van der Waals surface area (Å²) < 4.78 is 12.2. The maximum Gasteiger partial charge on any atom is 0.365 e. The number of ether oxygens (including phenoxy) is 2. The van der Waals surface area contributed by atoms with Crippen LogP contribution in [0.15, 0.2) is 83.1 Å². The van der Waals surface area contributed by atoms with Crippen LogP contribution in [-0.2, 0) is 32.4 Å². The Morgan fingerprint density at radius 3 is 1.28 bits per heavy atom. The Morgan fingerprint density at radius 1 is 0.540 bits per heavy atom. The molecule has 3 rings (SSSR count). The summed E-state index contributed by atoms with van der Waals surface area (Å²) in [7, 11) is 0. The molecule has 0 fully saturated rings. The lowest BCUT2D eigenvalue weighted by Crippen LogP contribution is -2.22. The van der Waals surface area contributed by atoms with Crippen molar-refractivity contribution in [2.45, 2.75) is 104 Å². The van der Waals surface area contributed by atoms with Gasteiger partial charge in [-0.3, -0.25) is 0 Å². The first-order valence-electron chi connectivity index (χ1n) is 18.0. The number of amidine groups is 2. The van der Waals surface area contributed by atoms with E-state index in [1.54, 1.807) is 72.8 Å². The number of hydrogen-bond acceptors (Lipinski definition) is 8. The van der Waals surface area contributed by atoms with Crippen molar-refractivity contribution in [3.8, 4) is 0 Å². The molecule has 0 aliphatic rings. The van der Waals surface area contributed by atoms with Crippen LogP contribution >= 0.6 is 0 Å². The highest BCUT2D eigenvalue weighted by molar-refractivity contribution is 6.03. The molecule has 10 heteroatoms. The number of unbranched alkanes of at least 4 members (excludes halogenated alkanes) is 10. The Labute approximate surface area is 297 Å². The summed E-state index contributed by atoms with van der Waals surface area (Å²) in [6, 6.07) is 20.7. The van der Waals surface area contributed by atoms with Crippen LogP contribution in [0.1, 0.15) is 134 Å². The average molecular weight is 687 g/mol. The number of carbonyl (C=O) groups excluding carboxylic acids is 2. The first-order valence-corrected chi connectivity index (χ1v) is 18.0. The maximum atomic E-state index is 12.6. The zero-order chi connectivity index (χ0) is 35.8. The summed E-state index contributed by atoms with van der Waals surface area (Å²) in [6.45, 7) is 5.89. The van der Waals surface area contributed by atoms with Crippen molar-refractivity contribution in [3.63, 3.8) is 0 Å². The van der Waals surface area contributed by atoms with Crippen molar-refractivity contribution in [2.24, 2.45) is 21.8 Å². The van der Waals surface area contributed by atoms with Gasteiger partial charge < -0.3 is 30.6 Å². The first kappa shape index (κ1) is 39.9. The molecule has 3 aromatic rings. The van der Waals surface area contributed by atoms with E-state index in [4.69, 9.17) is 30.6 Å². The summed E-state index contributed by atoms with van der Waals surface area (Å²) in [6.07, 6.45) is 13.6. The van der Waals surface area contributed by atoms with Crippen LogP contribution < -0.4 is 11.5 Å². The van der Waals surface area contributed by atoms with E-state index in [2.05, 4.69) is 24.2 Å². The molecule has 0 heterocycles. The van der Waals surface area contributed by atoms with Crippen LogP contribution in [-0.4, -0.2) is 36.8 Å². The monoisotopic (exact) mass is 686 g/mol. The Bertz CT molecular complexity index is 1380. The van der Waals surface area contributed by atoms with E-state index >= 15 is 0 Å². The molecule has 0 unspecified atom stereocenters. The fourth-order valence-corrected chi connectivity index (χ4v) is 5.27. The van der Waals surface area contributed by atoms with E-state index in [1.807, 2.05) is 0 Å². The standard InChI is InChI=1S/C40H54N4O6/c1-3-5-7-9-11-19-25-47-29-33-27-36(38(42)44-50-40(46)32-23-17-14-18-24-32)34(30-48-26-20-12-10-8-6-4-2)28-35(33)37(41)43-49-39(45)31-21-15-13-16-22-31/h13-18,21-24,27-28H,3-12,19-20,25-26,29-30H2,1-2H3,(H2,41,43)(H2,42,44). The lowest BCUT2D eigenvalue weighted by atomic mass is 9.97. The van der Waals surface area contributed by atoms with Gasteiger partial charge in [-0.2, -0.15) is 0 Å². The highest BCUT2D eigenvalue weighted by Gasteiger charge is 2.18. The number of hydrogen-bond donors (Lipinski definition) is 2. The Hall–Kier alpha value is -4.54. The molecule has 3 aromatic carbocycles. The smallest absolute Gasteiger partial charge is 0.365 e. The second kappa shape index (κ2) is 23.8. The van der Waals surface area contributed by atoms with Gasteiger partial charge in [0.2, 0.25) is 0 Å². The van der Waals surface area contributed by atoms with E-state index < -0.39 is 11.9 Å². The molecular formula is C40H54N4O6. The molecule has 0 bridgehead atoms. The Kier molecular flexibility index (Phi) is 19.0. The average Bonchev–Trinajstić information content (AvgIpc) is 3.15. The van der Waals surface area contributed by atoms with Gasteiger partial charge in [0.1, 0.15) is 0 Å². The quantitative estimate of drug-likeness (QED) is 0.0314. The van der Waals surface area contributed by atoms with Gasteiger partial charge in [-0.15, -0.1) is 0 Å². The van der Waals surface area contributed by atoms with Crippen LogP contribution in [0.5, 0.6) is 0 Å². The number of carbonyl (C=O) groups is 2. The molecule has 50 heavy (non-hydrogen) atoms. The molecule has 0 aromatic heterocycles. The van der Waals surface area contributed by atoms with Gasteiger partial charge >= 0.3 is 11.9 Å². The number of nitrogens with zero attached hydrogens (tertiary/aromatic N) is 2. The van der Waals surface area contributed by atoms with Crippen LogP contribution in [0.3, 0.4) is 0 Å². The predicted octanol–water partition coefficient (Wildman–Crippen LogP) is 8.40. The minimum Gasteiger partial charge on any atom is -0.380 e. The lowest BCUT2D eigenvalue weighted by Gasteiger charge is -2.17. The molecule has 0 aliphatic heterocycles. The second-order valence-electron chi connectivity index (χ2n) is 12.2. The zero-order valence-corrected chi connectivity index (χ0v) is 29.7. The summed E-state index contributed by atoms with van der Waals surface area (Å²) >= 11 is 0. The van der Waals surface area contributed by atoms with E-state index in [0.29, 0.717) is 46.6 Å². The minimum atomic E-state index is -0.634. The highest BCUT2D eigenvalue weighted by Crippen LogP contribution is 2.21. The molecule has 0 aliphatic carbocycles. The van der Waals surface area contributed by atoms with Gasteiger partial charge in [0, 0.05) is 24.3 Å². The van der Waals surface area contributed by atoms with Gasteiger partial charge in [0.15, 0.2) is 11.7 Å². The number of benzene rings is 3. The highest BCUT2D eigenvalue weighted by atomic mass is 16.7. The van der Waals surface area contributed by atoms with E-state index in [-0.39, 0.29) is 24.9 Å². The van der Waals surface area contributed by atoms with Crippen LogP contribution in [0, 0.1) is 0 Å². The van der Waals surface area contributed by atoms with Gasteiger partial charge in [0.25, 0.3) is 0 Å². The predicted molar refractivity (Wildman–Crippen MR) is 198 cm³/mol. The van der Waals surface area contributed by atoms with Crippen molar-refractivity contribution in [1.82, 2.24) is 0 Å². The molecule has 0 spiro atoms. The van der Waals surface area contributed by atoms with Crippen LogP contribution in [0.25, 0.3) is 0 Å². The van der Waals surface area contributed by atoms with Gasteiger partial charge in [-0.05, 0) is 60.4 Å². The number of oxime groups is 2. The fourth-order valence-electron chi connectivity index (χ4n) is 5.27. The van der Waals surface area contributed by atoms with Crippen molar-refractivity contribution >= 4 is 23.6 Å². The van der Waals surface area contributed by atoms with E-state index in [0.717, 1.165) is 25.7 Å². The molecule has 0 atom stereocenters. The van der Waals surface area contributed by atoms with Gasteiger partial charge in [-0.1, -0.05) is 125 Å². The third-order valence-electron chi connectivity index (χ3n) is 8.15. The number of nitrogens with two attached hydrogens (primary N) is 2. The summed E-state index contributed by atoms with van der Waals surface area (Å²) in [5.41, 5.74) is 15.9. The Balaban J connectivity index is 1.87. The fraction of sp³-hybridized carbons (Fsp3) is 0.450. The molecule has 4 N–H and O–H groups in total. The molecule has 0 saturated carbocycles. The normalized spacial score (nSPS) is 11.8. The SMILES string of the molecule is CCCCCCCCOCc1cc(C(N)=NOC(=O)c2ccccc2)c(COCCCCCCCC)cc1C(N)=NOC(=O)c1ccccc1. The zero-order valence-electron chi connectivity index (χ0n) is 29.7. The molecule has 270 valence electrons. The summed E-state index contributed by atoms with van der Waals surface area (Å²) in [5.74, 6) is -1.29. The van der Waals surface area contributed by atoms with Gasteiger partial charge in [0.05, 0.1) is 24.3 Å². The van der Waals surface area contributed by atoms with Gasteiger partial charge in [-0.25, -0.2) is 9.59 Å². The largest absolute Gasteiger partial charge is 0.380 e. The van der Waals surface area contributed by atoms with Crippen molar-refractivity contribution < 1.29 is 28.7 Å². The van der Waals surface area contributed by atoms with E-state index in [1.165, 1.54) is 51.4 Å². The Morgan fingerprint density at radius 2 is 0.900 bits per heavy atom. The lowest BCUT2D eigenvalue weighted by molar-refractivity contribution is 0.0507. The van der Waals surface area contributed by atoms with Crippen molar-refractivity contribution in [3.05, 3.63) is 106 Å². The molecular weight excluding hydrogens is 632 g/mol. The third-order valence-corrected chi connectivity index (χ3v) is 8.15. The second-order valence-corrected chi connectivity index (χ2v) is 12.2. The van der Waals surface area contributed by atoms with Crippen molar-refractivity contribution in [2.75, 3.05) is 13.2 Å². The topological polar surface area (TPSA) is 148 Å². The number of rotatable bonds is 24. The molecule has 0 amide bonds. The van der Waals surface area contributed by atoms with Crippen LogP contribution in [0.2, 0.25) is 0 Å². The molecule has 0 radical (unpaired) electrons. The molecule has 0 saturated heterocycles. The summed E-state index contributed by atoms with van der Waals surface area (Å²) in [5, 5.41) is 7.98. The maximum absolute atomic E-state index is 12.6. The third kappa shape index (κ3) is 14.5. The van der Waals surface area contributed by atoms with Crippen LogP contribution in [0.4, 0.5) is 0 Å². The first-order chi connectivity index (χ1) is 24.4. The van der Waals surface area contributed by atoms with Crippen molar-refractivity contribution in [1.29, 1.82) is 0 Å². The summed E-state index contributed by atoms with van der Waals surface area (Å²) in [4.78, 5) is 35.7.